The molecule has 3 aliphatic heterocycles. The summed E-state index contributed by atoms with van der Waals surface area (Å²) in [4.78, 5) is 2.68. The number of fused-ring (bicyclic) bond motifs is 6. The predicted octanol–water partition coefficient (Wildman–Crippen LogP) is 5.09. The van der Waals surface area contributed by atoms with Crippen molar-refractivity contribution in [3.63, 3.8) is 0 Å². The van der Waals surface area contributed by atoms with E-state index < -0.39 is 0 Å². The molecule has 0 radical (unpaired) electrons. The number of furan rings is 1. The molecule has 2 bridgehead atoms. The summed E-state index contributed by atoms with van der Waals surface area (Å²) in [6, 6.07) is 13.8. The minimum Gasteiger partial charge on any atom is -0.456 e. The van der Waals surface area contributed by atoms with Gasteiger partial charge in [-0.2, -0.15) is 0 Å². The Balaban J connectivity index is 1.72. The summed E-state index contributed by atoms with van der Waals surface area (Å²) in [6.07, 6.45) is 2.72. The highest BCUT2D eigenvalue weighted by Crippen LogP contribution is 2.45. The molecule has 23 heavy (non-hydrogen) atoms. The second-order valence-electron chi connectivity index (χ2n) is 7.44. The Morgan fingerprint density at radius 3 is 2.57 bits per heavy atom. The molecule has 2 heteroatoms. The number of rotatable bonds is 1. The van der Waals surface area contributed by atoms with Gasteiger partial charge in [-0.15, -0.1) is 0 Å². The van der Waals surface area contributed by atoms with Crippen LogP contribution >= 0.6 is 0 Å². The van der Waals surface area contributed by atoms with Crippen LogP contribution in [0.4, 0.5) is 0 Å². The first kappa shape index (κ1) is 13.6. The van der Waals surface area contributed by atoms with Crippen molar-refractivity contribution < 1.29 is 4.42 Å². The van der Waals surface area contributed by atoms with E-state index in [1.807, 2.05) is 6.07 Å². The van der Waals surface area contributed by atoms with Crippen LogP contribution in [0.15, 0.2) is 40.8 Å². The summed E-state index contributed by atoms with van der Waals surface area (Å²) >= 11 is 0. The van der Waals surface area contributed by atoms with Crippen molar-refractivity contribution in [2.45, 2.75) is 38.6 Å². The minimum atomic E-state index is 0.664. The van der Waals surface area contributed by atoms with Crippen LogP contribution in [0.5, 0.6) is 0 Å². The first-order valence-electron chi connectivity index (χ1n) is 8.88. The van der Waals surface area contributed by atoms with E-state index in [4.69, 9.17) is 4.42 Å². The number of aryl methyl sites for hydroxylation is 1. The van der Waals surface area contributed by atoms with Crippen LogP contribution in [0.25, 0.3) is 21.9 Å². The Morgan fingerprint density at radius 1 is 1.00 bits per heavy atom. The van der Waals surface area contributed by atoms with Crippen molar-refractivity contribution >= 4 is 21.9 Å². The lowest BCUT2D eigenvalue weighted by Gasteiger charge is -2.50. The molecule has 3 saturated heterocycles. The predicted molar refractivity (Wildman–Crippen MR) is 95.0 cm³/mol. The number of piperidine rings is 3. The Labute approximate surface area is 137 Å². The fourth-order valence-corrected chi connectivity index (χ4v) is 5.07. The number of hydrogen-bond donors (Lipinski definition) is 0. The molecular weight excluding hydrogens is 282 g/mol. The molecule has 0 amide bonds. The van der Waals surface area contributed by atoms with Gasteiger partial charge in [-0.25, -0.2) is 0 Å². The summed E-state index contributed by atoms with van der Waals surface area (Å²) in [5.74, 6) is 1.53. The maximum Gasteiger partial charge on any atom is 0.135 e. The maximum atomic E-state index is 6.05. The van der Waals surface area contributed by atoms with E-state index in [0.717, 1.165) is 17.1 Å². The van der Waals surface area contributed by atoms with Crippen LogP contribution in [0.1, 0.15) is 36.8 Å². The van der Waals surface area contributed by atoms with Gasteiger partial charge in [0.1, 0.15) is 11.2 Å². The molecule has 3 fully saturated rings. The van der Waals surface area contributed by atoms with E-state index in [-0.39, 0.29) is 0 Å². The van der Waals surface area contributed by atoms with E-state index in [2.05, 4.69) is 49.1 Å². The fourth-order valence-electron chi connectivity index (χ4n) is 5.07. The minimum absolute atomic E-state index is 0.664. The Morgan fingerprint density at radius 2 is 1.78 bits per heavy atom. The normalized spacial score (nSPS) is 30.3. The summed E-state index contributed by atoms with van der Waals surface area (Å²) < 4.78 is 6.05. The second-order valence-corrected chi connectivity index (χ2v) is 7.44. The summed E-state index contributed by atoms with van der Waals surface area (Å²) in [7, 11) is 0. The molecule has 0 aliphatic carbocycles. The van der Waals surface area contributed by atoms with E-state index in [1.54, 1.807) is 5.56 Å². The molecule has 4 heterocycles. The van der Waals surface area contributed by atoms with Crippen molar-refractivity contribution in [1.29, 1.82) is 0 Å². The van der Waals surface area contributed by atoms with E-state index in [0.29, 0.717) is 12.0 Å². The van der Waals surface area contributed by atoms with Gasteiger partial charge < -0.3 is 9.32 Å². The third-order valence-corrected chi connectivity index (χ3v) is 6.30. The molecule has 6 rings (SSSR count). The first-order valence-corrected chi connectivity index (χ1v) is 8.88. The Bertz CT molecular complexity index is 883. The molecule has 0 N–H and O–H groups in total. The lowest BCUT2D eigenvalue weighted by molar-refractivity contribution is 0.0348. The zero-order valence-electron chi connectivity index (χ0n) is 13.9. The van der Waals surface area contributed by atoms with Crippen molar-refractivity contribution in [3.05, 3.63) is 47.5 Å². The van der Waals surface area contributed by atoms with Gasteiger partial charge in [-0.3, -0.25) is 0 Å². The molecule has 2 atom stereocenters. The van der Waals surface area contributed by atoms with E-state index in [9.17, 15) is 0 Å². The summed E-state index contributed by atoms with van der Waals surface area (Å²) in [6.45, 7) is 7.26. The zero-order valence-corrected chi connectivity index (χ0v) is 13.9. The third kappa shape index (κ3) is 1.91. The molecule has 2 unspecified atom stereocenters. The standard InChI is InChI=1S/C21H23NO/c1-13-11-20-18(16-5-3-4-6-19(16)23-20)12-17(13)21-14(2)22-9-7-15(21)8-10-22/h3-6,11-12,14-15,21H,7-10H2,1-2H3. The van der Waals surface area contributed by atoms with E-state index in [1.165, 1.54) is 42.3 Å². The average molecular weight is 305 g/mol. The largest absolute Gasteiger partial charge is 0.456 e. The van der Waals surface area contributed by atoms with Crippen molar-refractivity contribution in [2.75, 3.05) is 13.1 Å². The summed E-state index contributed by atoms with van der Waals surface area (Å²) in [5.41, 5.74) is 4.97. The molecule has 3 aromatic rings. The van der Waals surface area contributed by atoms with Crippen LogP contribution in [0, 0.1) is 12.8 Å². The SMILES string of the molecule is Cc1cc2oc3ccccc3c2cc1C1C2CCN(CC2)C1C. The quantitative estimate of drug-likeness (QED) is 0.622. The molecule has 2 aromatic carbocycles. The average Bonchev–Trinajstić information content (AvgIpc) is 2.93. The van der Waals surface area contributed by atoms with Crippen molar-refractivity contribution in [3.8, 4) is 0 Å². The Kier molecular flexibility index (Phi) is 2.87. The fraction of sp³-hybridized carbons (Fsp3) is 0.429. The highest BCUT2D eigenvalue weighted by Gasteiger charge is 2.41. The first-order chi connectivity index (χ1) is 11.2. The van der Waals surface area contributed by atoms with Crippen LogP contribution in [-0.2, 0) is 0 Å². The lowest BCUT2D eigenvalue weighted by Crippen LogP contribution is -2.52. The molecule has 118 valence electrons. The molecule has 3 aliphatic rings. The lowest BCUT2D eigenvalue weighted by atomic mass is 9.70. The topological polar surface area (TPSA) is 16.4 Å². The molecule has 1 aromatic heterocycles. The number of hydrogen-bond acceptors (Lipinski definition) is 2. The maximum absolute atomic E-state index is 6.05. The number of para-hydroxylation sites is 1. The second kappa shape index (κ2) is 4.85. The molecule has 2 nitrogen and oxygen atoms in total. The van der Waals surface area contributed by atoms with Gasteiger partial charge in [-0.1, -0.05) is 18.2 Å². The molecular formula is C21H23NO. The van der Waals surface area contributed by atoms with Crippen LogP contribution in [0.3, 0.4) is 0 Å². The number of benzene rings is 2. The highest BCUT2D eigenvalue weighted by molar-refractivity contribution is 6.05. The van der Waals surface area contributed by atoms with Gasteiger partial charge in [0, 0.05) is 22.7 Å². The van der Waals surface area contributed by atoms with Gasteiger partial charge >= 0.3 is 0 Å². The van der Waals surface area contributed by atoms with Gasteiger partial charge in [-0.05, 0) is 75.0 Å². The Hall–Kier alpha value is -1.80. The smallest absolute Gasteiger partial charge is 0.135 e. The van der Waals surface area contributed by atoms with E-state index >= 15 is 0 Å². The zero-order chi connectivity index (χ0) is 15.6. The van der Waals surface area contributed by atoms with Gasteiger partial charge in [0.15, 0.2) is 0 Å². The summed E-state index contributed by atoms with van der Waals surface area (Å²) in [5, 5.41) is 2.53. The van der Waals surface area contributed by atoms with Crippen LogP contribution in [-0.4, -0.2) is 24.0 Å². The van der Waals surface area contributed by atoms with Gasteiger partial charge in [0.05, 0.1) is 0 Å². The third-order valence-electron chi connectivity index (χ3n) is 6.30. The van der Waals surface area contributed by atoms with Crippen molar-refractivity contribution in [1.82, 2.24) is 4.90 Å². The molecule has 0 spiro atoms. The number of nitrogens with zero attached hydrogens (tertiary/aromatic N) is 1. The van der Waals surface area contributed by atoms with Crippen LogP contribution < -0.4 is 0 Å². The van der Waals surface area contributed by atoms with Crippen molar-refractivity contribution in [2.24, 2.45) is 5.92 Å². The highest BCUT2D eigenvalue weighted by atomic mass is 16.3. The van der Waals surface area contributed by atoms with Gasteiger partial charge in [0.25, 0.3) is 0 Å². The van der Waals surface area contributed by atoms with Gasteiger partial charge in [0.2, 0.25) is 0 Å². The monoisotopic (exact) mass is 305 g/mol. The molecule has 0 saturated carbocycles. The van der Waals surface area contributed by atoms with Crippen LogP contribution in [0.2, 0.25) is 0 Å².